The van der Waals surface area contributed by atoms with Gasteiger partial charge in [0.1, 0.15) is 11.3 Å². The number of carbonyl (C=O) groups excluding carboxylic acids is 2. The molecule has 0 unspecified atom stereocenters. The highest BCUT2D eigenvalue weighted by Crippen LogP contribution is 2.37. The number of H-pyrrole nitrogens is 1. The van der Waals surface area contributed by atoms with Gasteiger partial charge in [0.15, 0.2) is 5.82 Å². The molecule has 0 fully saturated rings. The van der Waals surface area contributed by atoms with Crippen molar-refractivity contribution in [3.05, 3.63) is 51.1 Å². The van der Waals surface area contributed by atoms with E-state index >= 15 is 0 Å². The monoisotopic (exact) mass is 519 g/mol. The van der Waals surface area contributed by atoms with Gasteiger partial charge < -0.3 is 25.6 Å². The number of nitrogens with one attached hydrogen (secondary N) is 3. The molecule has 0 saturated heterocycles. The van der Waals surface area contributed by atoms with E-state index in [0.29, 0.717) is 16.5 Å². The minimum atomic E-state index is -0.988. The van der Waals surface area contributed by atoms with E-state index in [2.05, 4.69) is 41.4 Å². The molecule has 0 bridgehead atoms. The van der Waals surface area contributed by atoms with Crippen LogP contribution in [0.2, 0.25) is 5.02 Å². The molecule has 1 aliphatic heterocycles. The second kappa shape index (κ2) is 9.94. The van der Waals surface area contributed by atoms with Crippen molar-refractivity contribution < 1.29 is 14.7 Å². The molecule has 2 amide bonds. The van der Waals surface area contributed by atoms with Crippen molar-refractivity contribution in [2.24, 2.45) is 5.41 Å². The predicted molar refractivity (Wildman–Crippen MR) is 138 cm³/mol. The lowest BCUT2D eigenvalue weighted by atomic mass is 9.92. The van der Waals surface area contributed by atoms with E-state index in [1.807, 2.05) is 0 Å². The number of anilines is 2. The van der Waals surface area contributed by atoms with Crippen LogP contribution in [-0.4, -0.2) is 50.9 Å². The zero-order chi connectivity index (χ0) is 26.1. The Morgan fingerprint density at radius 1 is 1.29 bits per heavy atom. The zero-order valence-corrected chi connectivity index (χ0v) is 22.1. The van der Waals surface area contributed by atoms with E-state index in [-0.39, 0.29) is 38.8 Å². The first-order valence-corrected chi connectivity index (χ1v) is 12.2. The molecular formula is C24H30ClN5O4S. The van der Waals surface area contributed by atoms with Gasteiger partial charge in [0.2, 0.25) is 0 Å². The fourth-order valence-electron chi connectivity index (χ4n) is 3.30. The highest BCUT2D eigenvalue weighted by atomic mass is 35.5. The largest absolute Gasteiger partial charge is 0.509 e. The lowest BCUT2D eigenvalue weighted by molar-refractivity contribution is -0.129. The number of halogens is 1. The number of nitrogens with zero attached hydrogens (tertiary/aromatic N) is 2. The lowest BCUT2D eigenvalue weighted by Crippen LogP contribution is -2.40. The summed E-state index contributed by atoms with van der Waals surface area (Å²) in [4.78, 5) is 46.6. The lowest BCUT2D eigenvalue weighted by Gasteiger charge is -2.27. The van der Waals surface area contributed by atoms with E-state index < -0.39 is 17.4 Å². The van der Waals surface area contributed by atoms with Crippen LogP contribution in [0.5, 0.6) is 0 Å². The van der Waals surface area contributed by atoms with Gasteiger partial charge in [0.05, 0.1) is 27.5 Å². The summed E-state index contributed by atoms with van der Waals surface area (Å²) in [5.74, 6) is -1.39. The van der Waals surface area contributed by atoms with Crippen molar-refractivity contribution in [2.75, 3.05) is 24.2 Å². The molecule has 1 aromatic carbocycles. The van der Waals surface area contributed by atoms with Gasteiger partial charge in [-0.2, -0.15) is 0 Å². The highest BCUT2D eigenvalue weighted by molar-refractivity contribution is 7.99. The summed E-state index contributed by atoms with van der Waals surface area (Å²) in [6.07, 6.45) is 2.41. The van der Waals surface area contributed by atoms with Crippen LogP contribution in [0.25, 0.3) is 0 Å². The molecular weight excluding hydrogens is 490 g/mol. The molecule has 188 valence electrons. The number of aromatic nitrogens is 2. The van der Waals surface area contributed by atoms with E-state index in [9.17, 15) is 19.5 Å². The topological polar surface area (TPSA) is 127 Å². The van der Waals surface area contributed by atoms with Gasteiger partial charge in [-0.15, -0.1) is 0 Å². The average molecular weight is 520 g/mol. The molecule has 2 heterocycles. The number of hydrogen-bond donors (Lipinski definition) is 4. The number of rotatable bonds is 7. The molecule has 11 heteroatoms. The zero-order valence-electron chi connectivity index (χ0n) is 20.6. The molecule has 0 spiro atoms. The first-order valence-electron chi connectivity index (χ1n) is 11.0. The fourth-order valence-corrected chi connectivity index (χ4v) is 4.42. The van der Waals surface area contributed by atoms with Crippen molar-refractivity contribution in [3.63, 3.8) is 0 Å². The fraction of sp³-hybridized carbons (Fsp3) is 0.417. The Hall–Kier alpha value is -2.98. The third kappa shape index (κ3) is 5.82. The van der Waals surface area contributed by atoms with Crippen molar-refractivity contribution >= 4 is 46.7 Å². The van der Waals surface area contributed by atoms with Crippen LogP contribution in [0.3, 0.4) is 0 Å². The van der Waals surface area contributed by atoms with Gasteiger partial charge in [-0.1, -0.05) is 50.2 Å². The van der Waals surface area contributed by atoms with Crippen LogP contribution in [0.1, 0.15) is 41.0 Å². The van der Waals surface area contributed by atoms with E-state index in [0.717, 1.165) is 6.42 Å². The maximum atomic E-state index is 12.8. The molecule has 0 atom stereocenters. The van der Waals surface area contributed by atoms with Crippen molar-refractivity contribution in [1.29, 1.82) is 0 Å². The van der Waals surface area contributed by atoms with Gasteiger partial charge in [0, 0.05) is 18.5 Å². The normalized spacial score (nSPS) is 15.5. The number of likely N-dealkylation sites (N-methyl/N-ethyl adjacent to an activating group) is 1. The van der Waals surface area contributed by atoms with Crippen molar-refractivity contribution in [1.82, 2.24) is 14.9 Å². The van der Waals surface area contributed by atoms with Gasteiger partial charge in [-0.05, 0) is 37.8 Å². The smallest absolute Gasteiger partial charge is 0.291 e. The van der Waals surface area contributed by atoms with E-state index in [1.54, 1.807) is 32.0 Å². The van der Waals surface area contributed by atoms with E-state index in [4.69, 9.17) is 11.6 Å². The summed E-state index contributed by atoms with van der Waals surface area (Å²) in [6, 6.07) is 4.99. The first kappa shape index (κ1) is 26.6. The highest BCUT2D eigenvalue weighted by Gasteiger charge is 2.46. The molecule has 1 aromatic heterocycles. The Kier molecular flexibility index (Phi) is 7.56. The Morgan fingerprint density at radius 3 is 2.54 bits per heavy atom. The summed E-state index contributed by atoms with van der Waals surface area (Å²) in [7, 11) is 1.52. The molecule has 3 rings (SSSR count). The second-order valence-corrected chi connectivity index (χ2v) is 11.4. The Labute approximate surface area is 213 Å². The second-order valence-electron chi connectivity index (χ2n) is 9.98. The molecule has 2 aromatic rings. The van der Waals surface area contributed by atoms with Crippen LogP contribution < -0.4 is 16.2 Å². The molecule has 9 nitrogen and oxygen atoms in total. The molecule has 0 saturated carbocycles. The number of amides is 2. The molecule has 35 heavy (non-hydrogen) atoms. The van der Waals surface area contributed by atoms with Gasteiger partial charge in [-0.3, -0.25) is 14.4 Å². The van der Waals surface area contributed by atoms with Crippen molar-refractivity contribution in [3.8, 4) is 0 Å². The van der Waals surface area contributed by atoms with Crippen LogP contribution in [0.15, 0.2) is 50.4 Å². The number of aliphatic hydroxyl groups excluding tert-OH is 1. The van der Waals surface area contributed by atoms with Gasteiger partial charge in [-0.25, -0.2) is 4.98 Å². The van der Waals surface area contributed by atoms with Crippen molar-refractivity contribution in [2.45, 2.75) is 56.5 Å². The molecule has 0 radical (unpaired) electrons. The third-order valence-electron chi connectivity index (χ3n) is 5.76. The minimum absolute atomic E-state index is 0.138. The summed E-state index contributed by atoms with van der Waals surface area (Å²) < 4.78 is 0. The van der Waals surface area contributed by atoms with E-state index in [1.165, 1.54) is 29.9 Å². The number of aromatic amines is 1. The van der Waals surface area contributed by atoms with Crippen LogP contribution in [-0.2, 0) is 9.59 Å². The van der Waals surface area contributed by atoms with Crippen LogP contribution in [0.4, 0.5) is 11.5 Å². The standard InChI is InChI=1S/C24H30ClN5O4S/c1-23(2,3)10-11-26-19-21(33)29-15(12-27-19)35-14-9-7-8-13(17(14)25)28-20(32)16-18(31)24(4,5)30(6)22(16)34/h7-9,12,31H,10-11H2,1-6H3,(H,26,27)(H,28,32)(H,29,33). The maximum absolute atomic E-state index is 12.8. The molecule has 4 N–H and O–H groups in total. The van der Waals surface area contributed by atoms with Gasteiger partial charge >= 0.3 is 0 Å². The molecule has 1 aliphatic rings. The molecule has 0 aliphatic carbocycles. The van der Waals surface area contributed by atoms with Crippen LogP contribution in [0, 0.1) is 5.41 Å². The number of aliphatic hydroxyl groups is 1. The average Bonchev–Trinajstić information content (AvgIpc) is 2.91. The number of hydrogen-bond acceptors (Lipinski definition) is 7. The first-order chi connectivity index (χ1) is 16.2. The minimum Gasteiger partial charge on any atom is -0.509 e. The Balaban J connectivity index is 1.75. The number of benzene rings is 1. The summed E-state index contributed by atoms with van der Waals surface area (Å²) in [5.41, 5.74) is -1.26. The third-order valence-corrected chi connectivity index (χ3v) is 7.27. The van der Waals surface area contributed by atoms with Crippen LogP contribution >= 0.6 is 23.4 Å². The SMILES string of the molecule is CN1C(=O)C(C(=O)Nc2cccc(Sc3cnc(NCCC(C)(C)C)c(=O)[nH]3)c2Cl)=C(O)C1(C)C. The maximum Gasteiger partial charge on any atom is 0.291 e. The van der Waals surface area contributed by atoms with Gasteiger partial charge in [0.25, 0.3) is 17.4 Å². The Bertz CT molecular complexity index is 1250. The summed E-state index contributed by atoms with van der Waals surface area (Å²) in [5, 5.41) is 16.8. The Morgan fingerprint density at radius 2 is 1.97 bits per heavy atom. The predicted octanol–water partition coefficient (Wildman–Crippen LogP) is 4.42. The quantitative estimate of drug-likeness (QED) is 0.398. The number of carbonyl (C=O) groups is 2. The summed E-state index contributed by atoms with van der Waals surface area (Å²) in [6.45, 7) is 10.3. The summed E-state index contributed by atoms with van der Waals surface area (Å²) >= 11 is 7.69.